The van der Waals surface area contributed by atoms with Crippen LogP contribution in [0.25, 0.3) is 0 Å². The fourth-order valence-electron chi connectivity index (χ4n) is 1.44. The zero-order valence-corrected chi connectivity index (χ0v) is 9.50. The van der Waals surface area contributed by atoms with Gasteiger partial charge in [-0.2, -0.15) is 0 Å². The Kier molecular flexibility index (Phi) is 3.72. The smallest absolute Gasteiger partial charge is 0.119 e. The molecule has 0 aliphatic carbocycles. The summed E-state index contributed by atoms with van der Waals surface area (Å²) < 4.78 is 5.11. The molecule has 0 aliphatic heterocycles. The molecule has 0 saturated heterocycles. The summed E-state index contributed by atoms with van der Waals surface area (Å²) in [6.07, 6.45) is 0.733. The third kappa shape index (κ3) is 2.98. The lowest BCUT2D eigenvalue weighted by Gasteiger charge is -2.11. The Bertz CT molecular complexity index is 359. The molecule has 0 heterocycles. The fraction of sp³-hybridized carbons (Fsp3) is 0.417. The molecular weight excluding hydrogens is 188 g/mol. The van der Waals surface area contributed by atoms with Crippen molar-refractivity contribution in [3.05, 3.63) is 23.8 Å². The van der Waals surface area contributed by atoms with E-state index in [-0.39, 0.29) is 0 Å². The highest BCUT2D eigenvalue weighted by Crippen LogP contribution is 2.21. The normalized spacial score (nSPS) is 10.4. The van der Waals surface area contributed by atoms with Crippen molar-refractivity contribution in [3.63, 3.8) is 0 Å². The SMILES string of the molecule is COc1ccc(N)c(C(=N)CC(C)C)c1. The summed E-state index contributed by atoms with van der Waals surface area (Å²) in [5.41, 5.74) is 7.82. The second kappa shape index (κ2) is 4.82. The molecule has 3 N–H and O–H groups in total. The second-order valence-corrected chi connectivity index (χ2v) is 4.03. The third-order valence-corrected chi connectivity index (χ3v) is 2.20. The van der Waals surface area contributed by atoms with E-state index in [4.69, 9.17) is 15.9 Å². The number of hydrogen-bond acceptors (Lipinski definition) is 3. The average Bonchev–Trinajstić information content (AvgIpc) is 2.17. The maximum Gasteiger partial charge on any atom is 0.119 e. The number of methoxy groups -OCH3 is 1. The summed E-state index contributed by atoms with van der Waals surface area (Å²) >= 11 is 0. The van der Waals surface area contributed by atoms with Gasteiger partial charge in [-0.3, -0.25) is 0 Å². The van der Waals surface area contributed by atoms with Crippen molar-refractivity contribution in [2.45, 2.75) is 20.3 Å². The number of nitrogens with two attached hydrogens (primary N) is 1. The van der Waals surface area contributed by atoms with Crippen molar-refractivity contribution in [3.8, 4) is 5.75 Å². The van der Waals surface area contributed by atoms with E-state index in [0.717, 1.165) is 17.7 Å². The predicted octanol–water partition coefficient (Wildman–Crippen LogP) is 2.69. The van der Waals surface area contributed by atoms with Gasteiger partial charge in [-0.25, -0.2) is 0 Å². The van der Waals surface area contributed by atoms with Crippen molar-refractivity contribution in [2.24, 2.45) is 5.92 Å². The van der Waals surface area contributed by atoms with Crippen LogP contribution < -0.4 is 10.5 Å². The zero-order valence-electron chi connectivity index (χ0n) is 9.50. The van der Waals surface area contributed by atoms with Gasteiger partial charge in [0.1, 0.15) is 5.75 Å². The van der Waals surface area contributed by atoms with Crippen LogP contribution in [0.4, 0.5) is 5.69 Å². The van der Waals surface area contributed by atoms with E-state index in [1.54, 1.807) is 13.2 Å². The summed E-state index contributed by atoms with van der Waals surface area (Å²) in [5, 5.41) is 7.94. The molecule has 0 radical (unpaired) electrons. The van der Waals surface area contributed by atoms with Gasteiger partial charge in [0, 0.05) is 17.0 Å². The van der Waals surface area contributed by atoms with Gasteiger partial charge >= 0.3 is 0 Å². The summed E-state index contributed by atoms with van der Waals surface area (Å²) in [7, 11) is 1.61. The van der Waals surface area contributed by atoms with Gasteiger partial charge in [0.2, 0.25) is 0 Å². The molecule has 15 heavy (non-hydrogen) atoms. The largest absolute Gasteiger partial charge is 0.497 e. The van der Waals surface area contributed by atoms with Gasteiger partial charge in [-0.1, -0.05) is 13.8 Å². The minimum Gasteiger partial charge on any atom is -0.497 e. The van der Waals surface area contributed by atoms with Crippen LogP contribution in [0.1, 0.15) is 25.8 Å². The highest BCUT2D eigenvalue weighted by atomic mass is 16.5. The molecule has 3 nitrogen and oxygen atoms in total. The quantitative estimate of drug-likeness (QED) is 0.587. The van der Waals surface area contributed by atoms with E-state index in [1.165, 1.54) is 0 Å². The molecule has 0 atom stereocenters. The highest BCUT2D eigenvalue weighted by Gasteiger charge is 2.09. The van der Waals surface area contributed by atoms with Crippen molar-refractivity contribution in [1.82, 2.24) is 0 Å². The summed E-state index contributed by atoms with van der Waals surface area (Å²) in [4.78, 5) is 0. The lowest BCUT2D eigenvalue weighted by atomic mass is 9.99. The van der Waals surface area contributed by atoms with Gasteiger partial charge in [0.25, 0.3) is 0 Å². The summed E-state index contributed by atoms with van der Waals surface area (Å²) in [5.74, 6) is 1.20. The zero-order chi connectivity index (χ0) is 11.4. The molecule has 3 heteroatoms. The molecule has 0 fully saturated rings. The Hall–Kier alpha value is -1.51. The van der Waals surface area contributed by atoms with E-state index in [0.29, 0.717) is 17.3 Å². The highest BCUT2D eigenvalue weighted by molar-refractivity contribution is 6.03. The Labute approximate surface area is 90.8 Å². The van der Waals surface area contributed by atoms with E-state index < -0.39 is 0 Å². The summed E-state index contributed by atoms with van der Waals surface area (Å²) in [6, 6.07) is 5.41. The average molecular weight is 206 g/mol. The molecule has 0 saturated carbocycles. The molecule has 1 rings (SSSR count). The van der Waals surface area contributed by atoms with Crippen LogP contribution in [0, 0.1) is 11.3 Å². The molecule has 0 aromatic heterocycles. The molecule has 82 valence electrons. The molecule has 0 bridgehead atoms. The number of nitrogens with one attached hydrogen (secondary N) is 1. The second-order valence-electron chi connectivity index (χ2n) is 4.03. The molecule has 0 spiro atoms. The maximum atomic E-state index is 7.94. The predicted molar refractivity (Wildman–Crippen MR) is 63.7 cm³/mol. The Balaban J connectivity index is 2.96. The van der Waals surface area contributed by atoms with Crippen molar-refractivity contribution in [1.29, 1.82) is 5.41 Å². The minimum atomic E-state index is 0.461. The number of rotatable bonds is 4. The van der Waals surface area contributed by atoms with E-state index >= 15 is 0 Å². The number of anilines is 1. The minimum absolute atomic E-state index is 0.461. The molecule has 0 aliphatic rings. The van der Waals surface area contributed by atoms with Crippen molar-refractivity contribution >= 4 is 11.4 Å². The number of benzene rings is 1. The Morgan fingerprint density at radius 3 is 2.67 bits per heavy atom. The summed E-state index contributed by atoms with van der Waals surface area (Å²) in [6.45, 7) is 4.18. The fourth-order valence-corrected chi connectivity index (χ4v) is 1.44. The van der Waals surface area contributed by atoms with Crippen molar-refractivity contribution < 1.29 is 4.74 Å². The Morgan fingerprint density at radius 2 is 2.13 bits per heavy atom. The van der Waals surface area contributed by atoms with E-state index in [2.05, 4.69) is 13.8 Å². The number of hydrogen-bond donors (Lipinski definition) is 2. The van der Waals surface area contributed by atoms with Crippen LogP contribution in [0.15, 0.2) is 18.2 Å². The first kappa shape index (κ1) is 11.6. The number of nitrogen functional groups attached to an aromatic ring is 1. The maximum absolute atomic E-state index is 7.94. The van der Waals surface area contributed by atoms with Crippen LogP contribution in [-0.4, -0.2) is 12.8 Å². The van der Waals surface area contributed by atoms with Crippen molar-refractivity contribution in [2.75, 3.05) is 12.8 Å². The standard InChI is InChI=1S/C12H18N2O/c1-8(2)6-12(14)10-7-9(15-3)4-5-11(10)13/h4-5,7-8,14H,6,13H2,1-3H3. The first-order valence-electron chi connectivity index (χ1n) is 5.06. The lowest BCUT2D eigenvalue weighted by molar-refractivity contribution is 0.415. The lowest BCUT2D eigenvalue weighted by Crippen LogP contribution is -2.07. The van der Waals surface area contributed by atoms with Gasteiger partial charge in [-0.15, -0.1) is 0 Å². The first-order chi connectivity index (χ1) is 7.04. The molecular formula is C12H18N2O. The van der Waals surface area contributed by atoms with Gasteiger partial charge in [-0.05, 0) is 30.5 Å². The first-order valence-corrected chi connectivity index (χ1v) is 5.06. The van der Waals surface area contributed by atoms with Crippen LogP contribution >= 0.6 is 0 Å². The van der Waals surface area contributed by atoms with Gasteiger partial charge in [0.15, 0.2) is 0 Å². The monoisotopic (exact) mass is 206 g/mol. The molecule has 0 amide bonds. The van der Waals surface area contributed by atoms with Crippen LogP contribution in [0.2, 0.25) is 0 Å². The number of ether oxygens (including phenoxy) is 1. The third-order valence-electron chi connectivity index (χ3n) is 2.20. The molecule has 1 aromatic carbocycles. The Morgan fingerprint density at radius 1 is 1.47 bits per heavy atom. The van der Waals surface area contributed by atoms with Crippen LogP contribution in [-0.2, 0) is 0 Å². The van der Waals surface area contributed by atoms with Crippen LogP contribution in [0.5, 0.6) is 5.75 Å². The topological polar surface area (TPSA) is 59.1 Å². The van der Waals surface area contributed by atoms with Crippen LogP contribution in [0.3, 0.4) is 0 Å². The van der Waals surface area contributed by atoms with Gasteiger partial charge in [0.05, 0.1) is 7.11 Å². The van der Waals surface area contributed by atoms with E-state index in [9.17, 15) is 0 Å². The molecule has 0 unspecified atom stereocenters. The molecule has 1 aromatic rings. The van der Waals surface area contributed by atoms with E-state index in [1.807, 2.05) is 12.1 Å². The van der Waals surface area contributed by atoms with Gasteiger partial charge < -0.3 is 15.9 Å².